The van der Waals surface area contributed by atoms with Gasteiger partial charge in [-0.25, -0.2) is 0 Å². The van der Waals surface area contributed by atoms with Crippen molar-refractivity contribution in [3.63, 3.8) is 0 Å². The van der Waals surface area contributed by atoms with Crippen LogP contribution in [0.25, 0.3) is 0 Å². The molecule has 7 heavy (non-hydrogen) atoms. The minimum absolute atomic E-state index is 0. The molecule has 0 unspecified atom stereocenters. The van der Waals surface area contributed by atoms with Crippen LogP contribution in [0.3, 0.4) is 0 Å². The fourth-order valence-electron chi connectivity index (χ4n) is 0. The van der Waals surface area contributed by atoms with Crippen molar-refractivity contribution in [3.05, 3.63) is 0 Å². The average molecular weight is 207 g/mol. The Hall–Kier alpha value is 1.83. The van der Waals surface area contributed by atoms with Crippen LogP contribution in [0.1, 0.15) is 0 Å². The van der Waals surface area contributed by atoms with Crippen LogP contribution < -0.4 is 74.9 Å². The zero-order valence-corrected chi connectivity index (χ0v) is 8.61. The molecule has 40 valence electrons. The van der Waals surface area contributed by atoms with E-state index in [1.807, 2.05) is 0 Å². The van der Waals surface area contributed by atoms with Crippen LogP contribution in [0, 0.1) is 0 Å². The molecule has 7 heteroatoms. The first-order valence-electron chi connectivity index (χ1n) is 0. The summed E-state index contributed by atoms with van der Waals surface area (Å²) in [6, 6.07) is 0. The second kappa shape index (κ2) is 109. The van der Waals surface area contributed by atoms with E-state index in [4.69, 9.17) is 0 Å². The third kappa shape index (κ3) is 79.5. The Balaban J connectivity index is 0. The van der Waals surface area contributed by atoms with E-state index in [9.17, 15) is 0 Å². The van der Waals surface area contributed by atoms with Gasteiger partial charge in [-0.1, -0.05) is 0 Å². The van der Waals surface area contributed by atoms with E-state index in [0.717, 1.165) is 0 Å². The van der Waals surface area contributed by atoms with Crippen molar-refractivity contribution in [1.82, 2.24) is 0 Å². The monoisotopic (exact) mass is 208 g/mol. The summed E-state index contributed by atoms with van der Waals surface area (Å²) in [5.41, 5.74) is 0. The Morgan fingerprint density at radius 2 is 0.429 bits per heavy atom. The number of hydrogen-bond donors (Lipinski definition) is 0. The first kappa shape index (κ1) is 162. The number of hydrogen-bond acceptors (Lipinski definition) is 0. The number of halogens is 5. The molecule has 0 aromatic heterocycles. The zero-order valence-electron chi connectivity index (χ0n) is 3.39. The molecule has 0 fully saturated rings. The van der Waals surface area contributed by atoms with Gasteiger partial charge in [0, 0.05) is 0 Å². The maximum Gasteiger partial charge on any atom is 4.00 e. The summed E-state index contributed by atoms with van der Waals surface area (Å²) in [4.78, 5) is 0. The molecular formula is F5GeK. The van der Waals surface area contributed by atoms with Gasteiger partial charge >= 0.3 is 69.0 Å². The molecule has 0 amide bonds. The Labute approximate surface area is 91.0 Å². The summed E-state index contributed by atoms with van der Waals surface area (Å²) in [5, 5.41) is 0. The van der Waals surface area contributed by atoms with E-state index < -0.39 is 0 Å². The van der Waals surface area contributed by atoms with Crippen LogP contribution in [-0.4, -0.2) is 17.6 Å². The van der Waals surface area contributed by atoms with Gasteiger partial charge in [-0.3, -0.25) is 0 Å². The molecule has 0 aliphatic carbocycles. The van der Waals surface area contributed by atoms with E-state index in [0.29, 0.717) is 0 Å². The van der Waals surface area contributed by atoms with Crippen LogP contribution in [0.15, 0.2) is 0 Å². The quantitative estimate of drug-likeness (QED) is 0.273. The SMILES string of the molecule is [F-].[F-].[F-].[F-].[F-].[Ge+4].[K+]. The van der Waals surface area contributed by atoms with Gasteiger partial charge < -0.3 is 23.5 Å². The molecule has 0 saturated heterocycles. The van der Waals surface area contributed by atoms with Gasteiger partial charge in [-0.15, -0.1) is 0 Å². The Morgan fingerprint density at radius 1 is 0.429 bits per heavy atom. The van der Waals surface area contributed by atoms with Crippen LogP contribution in [-0.2, 0) is 0 Å². The second-order valence-electron chi connectivity index (χ2n) is 0. The number of rotatable bonds is 0. The van der Waals surface area contributed by atoms with E-state index in [2.05, 4.69) is 0 Å². The fraction of sp³-hybridized carbons (Fsp3) is 0. The molecule has 0 aliphatic heterocycles. The molecule has 0 nitrogen and oxygen atoms in total. The van der Waals surface area contributed by atoms with Crippen LogP contribution in [0.2, 0.25) is 0 Å². The third-order valence-electron chi connectivity index (χ3n) is 0. The standard InChI is InChI=1S/5FH.Ge.K/h5*1H;;/q;;;;;+4;+1/p-5. The van der Waals surface area contributed by atoms with Gasteiger partial charge in [-0.05, 0) is 0 Å². The molecule has 0 radical (unpaired) electrons. The van der Waals surface area contributed by atoms with E-state index in [1.165, 1.54) is 0 Å². The van der Waals surface area contributed by atoms with Crippen molar-refractivity contribution >= 4 is 17.6 Å². The Kier molecular flexibility index (Phi) is 2520. The summed E-state index contributed by atoms with van der Waals surface area (Å²) >= 11 is 0. The molecule has 0 N–H and O–H groups in total. The molecule has 0 aromatic carbocycles. The fourth-order valence-corrected chi connectivity index (χ4v) is 0. The molecule has 0 aromatic rings. The van der Waals surface area contributed by atoms with Crippen LogP contribution in [0.5, 0.6) is 0 Å². The van der Waals surface area contributed by atoms with Crippen molar-refractivity contribution < 1.29 is 74.9 Å². The largest absolute Gasteiger partial charge is 4.00 e. The van der Waals surface area contributed by atoms with E-state index in [-0.39, 0.29) is 92.5 Å². The van der Waals surface area contributed by atoms with Gasteiger partial charge in [0.15, 0.2) is 0 Å². The summed E-state index contributed by atoms with van der Waals surface area (Å²) in [6.45, 7) is 0. The van der Waals surface area contributed by atoms with Crippen LogP contribution >= 0.6 is 0 Å². The molecule has 0 heterocycles. The molecule has 0 aliphatic rings. The molecular weight excluding hydrogens is 207 g/mol. The maximum absolute atomic E-state index is 0. The molecule has 0 saturated carbocycles. The maximum atomic E-state index is 0. The summed E-state index contributed by atoms with van der Waals surface area (Å²) in [6.07, 6.45) is 0. The predicted molar refractivity (Wildman–Crippen MR) is 5.75 cm³/mol. The average Bonchev–Trinajstić information content (AvgIpc) is 0. The van der Waals surface area contributed by atoms with Gasteiger partial charge in [0.05, 0.1) is 0 Å². The van der Waals surface area contributed by atoms with Gasteiger partial charge in [0.2, 0.25) is 0 Å². The Bertz CT molecular complexity index is 8.04. The minimum atomic E-state index is 0. The topological polar surface area (TPSA) is 0 Å². The van der Waals surface area contributed by atoms with Gasteiger partial charge in [0.25, 0.3) is 0 Å². The first-order valence-corrected chi connectivity index (χ1v) is 0. The molecule has 0 bridgehead atoms. The van der Waals surface area contributed by atoms with Crippen molar-refractivity contribution in [2.75, 3.05) is 0 Å². The van der Waals surface area contributed by atoms with Crippen molar-refractivity contribution in [3.8, 4) is 0 Å². The summed E-state index contributed by atoms with van der Waals surface area (Å²) in [7, 11) is 0. The molecule has 0 rings (SSSR count). The summed E-state index contributed by atoms with van der Waals surface area (Å²) in [5.74, 6) is 0. The van der Waals surface area contributed by atoms with E-state index >= 15 is 0 Å². The van der Waals surface area contributed by atoms with E-state index in [1.54, 1.807) is 0 Å². The molecule has 0 atom stereocenters. The minimum Gasteiger partial charge on any atom is -1.00 e. The normalized spacial score (nSPS) is 0. The molecule has 0 spiro atoms. The van der Waals surface area contributed by atoms with Gasteiger partial charge in [-0.2, -0.15) is 0 Å². The van der Waals surface area contributed by atoms with Gasteiger partial charge in [0.1, 0.15) is 0 Å². The van der Waals surface area contributed by atoms with Crippen molar-refractivity contribution in [1.29, 1.82) is 0 Å². The third-order valence-corrected chi connectivity index (χ3v) is 0. The van der Waals surface area contributed by atoms with Crippen molar-refractivity contribution in [2.45, 2.75) is 0 Å². The Morgan fingerprint density at radius 3 is 0.429 bits per heavy atom. The first-order chi connectivity index (χ1) is 0. The van der Waals surface area contributed by atoms with Crippen molar-refractivity contribution in [2.24, 2.45) is 0 Å². The zero-order chi connectivity index (χ0) is 0. The second-order valence-corrected chi connectivity index (χ2v) is 0. The predicted octanol–water partition coefficient (Wildman–Crippen LogP) is -18.4. The summed E-state index contributed by atoms with van der Waals surface area (Å²) < 4.78 is 0. The van der Waals surface area contributed by atoms with Crippen LogP contribution in [0.4, 0.5) is 0 Å². The smallest absolute Gasteiger partial charge is 1.00 e.